The number of nitrogens with one attached hydrogen (secondary N) is 1. The molecule has 0 unspecified atom stereocenters. The second kappa shape index (κ2) is 11.3. The maximum atomic E-state index is 13.5. The van der Waals surface area contributed by atoms with Crippen LogP contribution in [0.3, 0.4) is 0 Å². The van der Waals surface area contributed by atoms with E-state index >= 15 is 0 Å². The molecule has 0 spiro atoms. The van der Waals surface area contributed by atoms with Crippen LogP contribution in [0.2, 0.25) is 0 Å². The van der Waals surface area contributed by atoms with E-state index in [0.29, 0.717) is 37.6 Å². The molecule has 6 N–H and O–H groups in total. The molecule has 3 saturated carbocycles. The lowest BCUT2D eigenvalue weighted by Gasteiger charge is -2.36. The third-order valence-corrected chi connectivity index (χ3v) is 8.87. The van der Waals surface area contributed by atoms with Gasteiger partial charge >= 0.3 is 5.97 Å². The quantitative estimate of drug-likeness (QED) is 0.317. The van der Waals surface area contributed by atoms with Gasteiger partial charge in [-0.15, -0.1) is 0 Å². The second-order valence-corrected chi connectivity index (χ2v) is 11.5. The number of carbonyl (C=O) groups excluding carboxylic acids is 1. The van der Waals surface area contributed by atoms with Crippen molar-refractivity contribution in [1.29, 1.82) is 0 Å². The van der Waals surface area contributed by atoms with Crippen molar-refractivity contribution < 1.29 is 23.1 Å². The highest BCUT2D eigenvalue weighted by Crippen LogP contribution is 2.44. The summed E-state index contributed by atoms with van der Waals surface area (Å²) in [4.78, 5) is 25.6. The number of aliphatic carboxylic acids is 1. The normalized spacial score (nSPS) is 28.0. The third kappa shape index (κ3) is 6.42. The average Bonchev–Trinajstić information content (AvgIpc) is 3.35. The van der Waals surface area contributed by atoms with Crippen molar-refractivity contribution in [3.05, 3.63) is 0 Å². The highest BCUT2D eigenvalue weighted by atomic mass is 32.2. The number of amides is 1. The third-order valence-electron chi connectivity index (χ3n) is 7.77. The Bertz CT molecular complexity index is 755. The molecule has 0 saturated heterocycles. The number of carboxylic acid groups (broad SMARTS) is 1. The SMILES string of the molecule is NCCCC[C@@H](C(=O)O)N([C@@H](CC1CCCCC1)C(=O)N[C@@H]1C[C@H]2CC[C@@H]1C2)S(N)(=O)=O. The fourth-order valence-electron chi connectivity index (χ4n) is 6.18. The van der Waals surface area contributed by atoms with Gasteiger partial charge in [-0.2, -0.15) is 12.7 Å². The Kier molecular flexibility index (Phi) is 8.94. The zero-order valence-corrected chi connectivity index (χ0v) is 19.8. The van der Waals surface area contributed by atoms with Crippen LogP contribution >= 0.6 is 0 Å². The molecule has 2 bridgehead atoms. The van der Waals surface area contributed by atoms with Gasteiger partial charge in [0.2, 0.25) is 5.91 Å². The molecule has 0 aliphatic heterocycles. The maximum Gasteiger partial charge on any atom is 0.322 e. The Morgan fingerprint density at radius 1 is 1.03 bits per heavy atom. The number of fused-ring (bicyclic) bond motifs is 2. The lowest BCUT2D eigenvalue weighted by Crippen LogP contribution is -2.59. The van der Waals surface area contributed by atoms with E-state index in [-0.39, 0.29) is 18.4 Å². The van der Waals surface area contributed by atoms with Gasteiger partial charge in [0, 0.05) is 6.04 Å². The van der Waals surface area contributed by atoms with Crippen molar-refractivity contribution in [2.24, 2.45) is 28.6 Å². The lowest BCUT2D eigenvalue weighted by atomic mass is 9.84. The van der Waals surface area contributed by atoms with Crippen LogP contribution in [0.4, 0.5) is 0 Å². The summed E-state index contributed by atoms with van der Waals surface area (Å²) in [5.74, 6) is -0.437. The van der Waals surface area contributed by atoms with Gasteiger partial charge in [0.25, 0.3) is 10.2 Å². The van der Waals surface area contributed by atoms with Crippen LogP contribution in [0.5, 0.6) is 0 Å². The summed E-state index contributed by atoms with van der Waals surface area (Å²) in [6, 6.07) is -2.44. The number of nitrogens with zero attached hydrogens (tertiary/aromatic N) is 1. The lowest BCUT2D eigenvalue weighted by molar-refractivity contribution is -0.143. The summed E-state index contributed by atoms with van der Waals surface area (Å²) in [6.45, 7) is 0.387. The summed E-state index contributed by atoms with van der Waals surface area (Å²) in [6.07, 6.45) is 10.8. The minimum absolute atomic E-state index is 0.0398. The minimum Gasteiger partial charge on any atom is -0.480 e. The van der Waals surface area contributed by atoms with Gasteiger partial charge in [-0.25, -0.2) is 5.14 Å². The molecule has 3 rings (SSSR count). The maximum absolute atomic E-state index is 13.5. The largest absolute Gasteiger partial charge is 0.480 e. The molecular formula is C22H40N4O5S. The molecule has 0 aromatic heterocycles. The fraction of sp³-hybridized carbons (Fsp3) is 0.909. The van der Waals surface area contributed by atoms with Gasteiger partial charge in [0.05, 0.1) is 0 Å². The first-order valence-electron chi connectivity index (χ1n) is 12.2. The van der Waals surface area contributed by atoms with Crippen molar-refractivity contribution >= 4 is 22.1 Å². The highest BCUT2D eigenvalue weighted by Gasteiger charge is 2.45. The standard InChI is InChI=1S/C22H40N4O5S/c23-11-5-4-8-19(22(28)29)26(32(24,30)31)20(14-15-6-2-1-3-7-15)21(27)25-18-13-16-9-10-17(18)12-16/h15-20H,1-14,23H2,(H,25,27)(H,28,29)(H2,24,30,31)/t16-,17+,18+,19-,20-/m0/s1. The van der Waals surface area contributed by atoms with Crippen molar-refractivity contribution in [2.75, 3.05) is 6.54 Å². The monoisotopic (exact) mass is 472 g/mol. The number of carboxylic acids is 1. The van der Waals surface area contributed by atoms with E-state index in [2.05, 4.69) is 5.32 Å². The van der Waals surface area contributed by atoms with Gasteiger partial charge in [-0.05, 0) is 69.2 Å². The first kappa shape index (κ1) is 25.4. The summed E-state index contributed by atoms with van der Waals surface area (Å²) >= 11 is 0. The van der Waals surface area contributed by atoms with Crippen molar-refractivity contribution in [3.8, 4) is 0 Å². The number of nitrogens with two attached hydrogens (primary N) is 2. The Morgan fingerprint density at radius 3 is 2.28 bits per heavy atom. The summed E-state index contributed by atoms with van der Waals surface area (Å²) in [5, 5.41) is 18.6. The van der Waals surface area contributed by atoms with Gasteiger partial charge in [-0.1, -0.05) is 38.5 Å². The van der Waals surface area contributed by atoms with Crippen LogP contribution in [-0.2, 0) is 19.8 Å². The summed E-state index contributed by atoms with van der Waals surface area (Å²) in [5.41, 5.74) is 5.54. The Morgan fingerprint density at radius 2 is 1.75 bits per heavy atom. The second-order valence-electron chi connectivity index (χ2n) is 10.1. The average molecular weight is 473 g/mol. The van der Waals surface area contributed by atoms with Crippen LogP contribution in [-0.4, -0.2) is 54.4 Å². The van der Waals surface area contributed by atoms with E-state index in [1.807, 2.05) is 0 Å². The van der Waals surface area contributed by atoms with Crippen LogP contribution < -0.4 is 16.2 Å². The van der Waals surface area contributed by atoms with Gasteiger partial charge in [-0.3, -0.25) is 9.59 Å². The molecule has 1 amide bonds. The smallest absolute Gasteiger partial charge is 0.322 e. The Balaban J connectivity index is 1.85. The molecule has 3 fully saturated rings. The number of hydrogen-bond donors (Lipinski definition) is 4. The van der Waals surface area contributed by atoms with Crippen LogP contribution in [0.15, 0.2) is 0 Å². The van der Waals surface area contributed by atoms with Crippen LogP contribution in [0.25, 0.3) is 0 Å². The molecule has 3 aliphatic rings. The topological polar surface area (TPSA) is 156 Å². The zero-order valence-electron chi connectivity index (χ0n) is 19.0. The van der Waals surface area contributed by atoms with Gasteiger partial charge < -0.3 is 16.2 Å². The highest BCUT2D eigenvalue weighted by molar-refractivity contribution is 7.86. The number of carbonyl (C=O) groups is 2. The molecule has 184 valence electrons. The first-order chi connectivity index (χ1) is 15.2. The predicted molar refractivity (Wildman–Crippen MR) is 122 cm³/mol. The van der Waals surface area contributed by atoms with Crippen molar-refractivity contribution in [2.45, 2.75) is 102 Å². The van der Waals surface area contributed by atoms with E-state index in [1.165, 1.54) is 6.42 Å². The van der Waals surface area contributed by atoms with E-state index in [0.717, 1.165) is 55.7 Å². The van der Waals surface area contributed by atoms with Gasteiger partial charge in [0.1, 0.15) is 12.1 Å². The minimum atomic E-state index is -4.42. The first-order valence-corrected chi connectivity index (χ1v) is 13.8. The number of unbranched alkanes of at least 4 members (excludes halogenated alkanes) is 1. The molecule has 0 radical (unpaired) electrons. The van der Waals surface area contributed by atoms with Crippen molar-refractivity contribution in [1.82, 2.24) is 9.62 Å². The van der Waals surface area contributed by atoms with Crippen LogP contribution in [0.1, 0.15) is 83.5 Å². The van der Waals surface area contributed by atoms with Crippen molar-refractivity contribution in [3.63, 3.8) is 0 Å². The molecule has 10 heteroatoms. The predicted octanol–water partition coefficient (Wildman–Crippen LogP) is 1.72. The fourth-order valence-corrected chi connectivity index (χ4v) is 7.27. The molecule has 5 atom stereocenters. The molecular weight excluding hydrogens is 432 g/mol. The molecule has 32 heavy (non-hydrogen) atoms. The molecule has 9 nitrogen and oxygen atoms in total. The number of hydrogen-bond acceptors (Lipinski definition) is 5. The molecule has 0 aromatic rings. The summed E-state index contributed by atoms with van der Waals surface area (Å²) < 4.78 is 26.2. The molecule has 0 heterocycles. The molecule has 3 aliphatic carbocycles. The van der Waals surface area contributed by atoms with E-state index in [1.54, 1.807) is 0 Å². The molecule has 0 aromatic carbocycles. The van der Waals surface area contributed by atoms with E-state index < -0.39 is 34.2 Å². The Labute approximate surface area is 191 Å². The van der Waals surface area contributed by atoms with E-state index in [4.69, 9.17) is 10.9 Å². The zero-order chi connectivity index (χ0) is 23.3. The van der Waals surface area contributed by atoms with Crippen LogP contribution in [0, 0.1) is 17.8 Å². The van der Waals surface area contributed by atoms with Gasteiger partial charge in [0.15, 0.2) is 0 Å². The Hall–Kier alpha value is -1.23. The number of rotatable bonds is 12. The summed E-state index contributed by atoms with van der Waals surface area (Å²) in [7, 11) is -4.42. The van der Waals surface area contributed by atoms with E-state index in [9.17, 15) is 23.1 Å².